The Balaban J connectivity index is 1.64. The van der Waals surface area contributed by atoms with Crippen molar-refractivity contribution >= 4 is 23.7 Å². The van der Waals surface area contributed by atoms with E-state index in [0.29, 0.717) is 12.3 Å². The number of benzene rings is 1. The summed E-state index contributed by atoms with van der Waals surface area (Å²) in [4.78, 5) is 12.7. The molecular weight excluding hydrogens is 258 g/mol. The van der Waals surface area contributed by atoms with Crippen LogP contribution < -0.4 is 5.32 Å². The van der Waals surface area contributed by atoms with E-state index < -0.39 is 0 Å². The van der Waals surface area contributed by atoms with E-state index in [9.17, 15) is 4.79 Å². The SMILES string of the molecule is O=C(C=Cc1ccco1)NCCSc1ccccc1. The number of nitrogens with one attached hydrogen (secondary N) is 1. The molecule has 0 spiro atoms. The molecule has 2 aromatic rings. The summed E-state index contributed by atoms with van der Waals surface area (Å²) in [6.07, 6.45) is 4.71. The molecule has 4 heteroatoms. The van der Waals surface area contributed by atoms with Crippen molar-refractivity contribution in [3.63, 3.8) is 0 Å². The number of carbonyl (C=O) groups excluding carboxylic acids is 1. The number of rotatable bonds is 6. The third-order valence-electron chi connectivity index (χ3n) is 2.36. The van der Waals surface area contributed by atoms with Gasteiger partial charge in [0.1, 0.15) is 5.76 Å². The lowest BCUT2D eigenvalue weighted by Gasteiger charge is -2.02. The molecule has 98 valence electrons. The van der Waals surface area contributed by atoms with Crippen molar-refractivity contribution in [3.05, 3.63) is 60.6 Å². The molecule has 0 radical (unpaired) electrons. The second-order valence-electron chi connectivity index (χ2n) is 3.80. The average molecular weight is 273 g/mol. The lowest BCUT2D eigenvalue weighted by Crippen LogP contribution is -2.23. The summed E-state index contributed by atoms with van der Waals surface area (Å²) in [6, 6.07) is 13.7. The fraction of sp³-hybridized carbons (Fsp3) is 0.133. The van der Waals surface area contributed by atoms with Gasteiger partial charge in [-0.2, -0.15) is 0 Å². The van der Waals surface area contributed by atoms with E-state index in [2.05, 4.69) is 17.4 Å². The van der Waals surface area contributed by atoms with Gasteiger partial charge in [-0.25, -0.2) is 0 Å². The van der Waals surface area contributed by atoms with Crippen LogP contribution in [-0.2, 0) is 4.79 Å². The molecule has 2 rings (SSSR count). The van der Waals surface area contributed by atoms with Crippen LogP contribution in [0.25, 0.3) is 6.08 Å². The summed E-state index contributed by atoms with van der Waals surface area (Å²) in [5.74, 6) is 1.42. The molecule has 1 amide bonds. The molecule has 0 bridgehead atoms. The van der Waals surface area contributed by atoms with Crippen molar-refractivity contribution < 1.29 is 9.21 Å². The van der Waals surface area contributed by atoms with Crippen LogP contribution in [0.1, 0.15) is 5.76 Å². The maximum atomic E-state index is 11.5. The van der Waals surface area contributed by atoms with Crippen LogP contribution in [0.3, 0.4) is 0 Å². The Morgan fingerprint density at radius 3 is 2.79 bits per heavy atom. The molecular formula is C15H15NO2S. The molecule has 1 aromatic carbocycles. The summed E-state index contributed by atoms with van der Waals surface area (Å²) in [5.41, 5.74) is 0. The van der Waals surface area contributed by atoms with Crippen molar-refractivity contribution in [2.24, 2.45) is 0 Å². The predicted octanol–water partition coefficient (Wildman–Crippen LogP) is 3.20. The lowest BCUT2D eigenvalue weighted by atomic mass is 10.4. The van der Waals surface area contributed by atoms with E-state index in [0.717, 1.165) is 5.75 Å². The number of hydrogen-bond acceptors (Lipinski definition) is 3. The molecule has 0 aliphatic carbocycles. The van der Waals surface area contributed by atoms with Crippen molar-refractivity contribution in [1.29, 1.82) is 0 Å². The first-order valence-electron chi connectivity index (χ1n) is 6.02. The van der Waals surface area contributed by atoms with Crippen molar-refractivity contribution in [2.45, 2.75) is 4.90 Å². The molecule has 1 heterocycles. The van der Waals surface area contributed by atoms with Gasteiger partial charge in [-0.15, -0.1) is 11.8 Å². The van der Waals surface area contributed by atoms with E-state index in [-0.39, 0.29) is 5.91 Å². The summed E-state index contributed by atoms with van der Waals surface area (Å²) >= 11 is 1.72. The van der Waals surface area contributed by atoms with Crippen LogP contribution in [0.5, 0.6) is 0 Å². The van der Waals surface area contributed by atoms with Gasteiger partial charge in [0.15, 0.2) is 0 Å². The van der Waals surface area contributed by atoms with Crippen LogP contribution >= 0.6 is 11.8 Å². The number of amides is 1. The topological polar surface area (TPSA) is 42.2 Å². The largest absolute Gasteiger partial charge is 0.465 e. The first-order chi connectivity index (χ1) is 9.34. The van der Waals surface area contributed by atoms with E-state index in [1.54, 1.807) is 36.2 Å². The molecule has 3 nitrogen and oxygen atoms in total. The van der Waals surface area contributed by atoms with Gasteiger partial charge >= 0.3 is 0 Å². The number of hydrogen-bond donors (Lipinski definition) is 1. The smallest absolute Gasteiger partial charge is 0.244 e. The third-order valence-corrected chi connectivity index (χ3v) is 3.37. The minimum Gasteiger partial charge on any atom is -0.465 e. The van der Waals surface area contributed by atoms with Gasteiger partial charge in [0.25, 0.3) is 0 Å². The van der Waals surface area contributed by atoms with E-state index in [4.69, 9.17) is 4.42 Å². The minimum absolute atomic E-state index is 0.106. The summed E-state index contributed by atoms with van der Waals surface area (Å²) in [6.45, 7) is 0.640. The zero-order chi connectivity index (χ0) is 13.3. The Bertz CT molecular complexity index is 520. The fourth-order valence-electron chi connectivity index (χ4n) is 1.46. The second-order valence-corrected chi connectivity index (χ2v) is 4.97. The molecule has 0 atom stereocenters. The number of furan rings is 1. The highest BCUT2D eigenvalue weighted by molar-refractivity contribution is 7.99. The third kappa shape index (κ3) is 5.06. The molecule has 0 aliphatic heterocycles. The van der Waals surface area contributed by atoms with Crippen LogP contribution in [0.15, 0.2) is 64.1 Å². The number of carbonyl (C=O) groups is 1. The van der Waals surface area contributed by atoms with Gasteiger partial charge in [0, 0.05) is 23.3 Å². The lowest BCUT2D eigenvalue weighted by molar-refractivity contribution is -0.116. The van der Waals surface area contributed by atoms with Crippen molar-refractivity contribution in [1.82, 2.24) is 5.32 Å². The highest BCUT2D eigenvalue weighted by Gasteiger charge is 1.97. The summed E-state index contributed by atoms with van der Waals surface area (Å²) in [7, 11) is 0. The van der Waals surface area contributed by atoms with Crippen LogP contribution in [0.2, 0.25) is 0 Å². The summed E-state index contributed by atoms with van der Waals surface area (Å²) in [5, 5.41) is 2.83. The van der Waals surface area contributed by atoms with Gasteiger partial charge in [-0.3, -0.25) is 4.79 Å². The monoisotopic (exact) mass is 273 g/mol. The van der Waals surface area contributed by atoms with Gasteiger partial charge in [0.2, 0.25) is 5.91 Å². The Hall–Kier alpha value is -1.94. The molecule has 0 aliphatic rings. The van der Waals surface area contributed by atoms with Gasteiger partial charge in [0.05, 0.1) is 6.26 Å². The zero-order valence-corrected chi connectivity index (χ0v) is 11.2. The summed E-state index contributed by atoms with van der Waals surface area (Å²) < 4.78 is 5.10. The normalized spacial score (nSPS) is 10.7. The van der Waals surface area contributed by atoms with Crippen LogP contribution in [0.4, 0.5) is 0 Å². The highest BCUT2D eigenvalue weighted by atomic mass is 32.2. The van der Waals surface area contributed by atoms with Gasteiger partial charge in [-0.05, 0) is 30.3 Å². The van der Waals surface area contributed by atoms with Crippen LogP contribution in [0, 0.1) is 0 Å². The Morgan fingerprint density at radius 1 is 1.21 bits per heavy atom. The fourth-order valence-corrected chi connectivity index (χ4v) is 2.25. The van der Waals surface area contributed by atoms with Crippen molar-refractivity contribution in [3.8, 4) is 0 Å². The standard InChI is InChI=1S/C15H15NO2S/c17-15(9-8-13-5-4-11-18-13)16-10-12-19-14-6-2-1-3-7-14/h1-9,11H,10,12H2,(H,16,17). The van der Waals surface area contributed by atoms with E-state index in [1.807, 2.05) is 18.2 Å². The molecule has 1 aromatic heterocycles. The zero-order valence-electron chi connectivity index (χ0n) is 10.4. The maximum absolute atomic E-state index is 11.5. The molecule has 1 N–H and O–H groups in total. The first-order valence-corrected chi connectivity index (χ1v) is 7.00. The first kappa shape index (κ1) is 13.5. The van der Waals surface area contributed by atoms with Crippen LogP contribution in [-0.4, -0.2) is 18.2 Å². The van der Waals surface area contributed by atoms with Gasteiger partial charge in [-0.1, -0.05) is 18.2 Å². The quantitative estimate of drug-likeness (QED) is 0.499. The maximum Gasteiger partial charge on any atom is 0.244 e. The Morgan fingerprint density at radius 2 is 2.05 bits per heavy atom. The average Bonchev–Trinajstić information content (AvgIpc) is 2.96. The predicted molar refractivity (Wildman–Crippen MR) is 77.9 cm³/mol. The molecule has 0 fully saturated rings. The highest BCUT2D eigenvalue weighted by Crippen LogP contribution is 2.15. The molecule has 0 unspecified atom stereocenters. The molecule has 0 saturated heterocycles. The Kier molecular flexibility index (Phi) is 5.31. The van der Waals surface area contributed by atoms with E-state index >= 15 is 0 Å². The minimum atomic E-state index is -0.106. The molecule has 0 saturated carbocycles. The van der Waals surface area contributed by atoms with Gasteiger partial charge < -0.3 is 9.73 Å². The second kappa shape index (κ2) is 7.48. The van der Waals surface area contributed by atoms with E-state index in [1.165, 1.54) is 11.0 Å². The number of thioether (sulfide) groups is 1. The molecule has 19 heavy (non-hydrogen) atoms. The Labute approximate surface area is 116 Å². The van der Waals surface area contributed by atoms with Crippen molar-refractivity contribution in [2.75, 3.05) is 12.3 Å².